The lowest BCUT2D eigenvalue weighted by atomic mass is 10.2. The highest BCUT2D eigenvalue weighted by atomic mass is 32.1. The fourth-order valence-corrected chi connectivity index (χ4v) is 2.22. The van der Waals surface area contributed by atoms with Crippen LogP contribution in [0.25, 0.3) is 0 Å². The molecule has 0 saturated carbocycles. The Morgan fingerprint density at radius 1 is 1.26 bits per heavy atom. The topological polar surface area (TPSA) is 62.7 Å². The molecule has 2 rings (SSSR count). The summed E-state index contributed by atoms with van der Waals surface area (Å²) in [6.45, 7) is 5.00. The average molecular weight is 277 g/mol. The molecule has 0 fully saturated rings. The Morgan fingerprint density at radius 3 is 2.68 bits per heavy atom. The smallest absolute Gasteiger partial charge is 0.135 e. The molecule has 0 saturated heterocycles. The van der Waals surface area contributed by atoms with E-state index in [4.69, 9.17) is 0 Å². The van der Waals surface area contributed by atoms with E-state index in [1.165, 1.54) is 0 Å². The van der Waals surface area contributed by atoms with Crippen molar-refractivity contribution in [3.63, 3.8) is 0 Å². The highest BCUT2D eigenvalue weighted by Crippen LogP contribution is 2.16. The first-order chi connectivity index (χ1) is 9.19. The number of hydrogen-bond donors (Lipinski definition) is 2. The van der Waals surface area contributed by atoms with Crippen molar-refractivity contribution in [2.24, 2.45) is 0 Å². The Balaban J connectivity index is 2.00. The highest BCUT2D eigenvalue weighted by molar-refractivity contribution is 7.07. The maximum Gasteiger partial charge on any atom is 0.135 e. The summed E-state index contributed by atoms with van der Waals surface area (Å²) in [5.74, 6) is 2.86. The molecule has 2 aromatic heterocycles. The number of thiazole rings is 1. The van der Waals surface area contributed by atoms with Gasteiger partial charge in [0, 0.05) is 37.4 Å². The van der Waals surface area contributed by atoms with Gasteiger partial charge in [-0.15, -0.1) is 11.3 Å². The maximum absolute atomic E-state index is 4.52. The second-order valence-electron chi connectivity index (χ2n) is 4.56. The van der Waals surface area contributed by atoms with E-state index in [0.29, 0.717) is 5.92 Å². The number of anilines is 2. The summed E-state index contributed by atoms with van der Waals surface area (Å²) in [5.41, 5.74) is 2.97. The Hall–Kier alpha value is -1.69. The minimum Gasteiger partial charge on any atom is -0.373 e. The van der Waals surface area contributed by atoms with Crippen LogP contribution in [0.4, 0.5) is 11.6 Å². The van der Waals surface area contributed by atoms with Gasteiger partial charge in [0.1, 0.15) is 17.5 Å². The predicted octanol–water partition coefficient (Wildman–Crippen LogP) is 2.75. The average Bonchev–Trinajstić information content (AvgIpc) is 2.91. The zero-order valence-corrected chi connectivity index (χ0v) is 12.3. The Morgan fingerprint density at radius 2 is 2.05 bits per heavy atom. The molecular weight excluding hydrogens is 258 g/mol. The second-order valence-corrected chi connectivity index (χ2v) is 5.28. The SMILES string of the molecule is CNc1cc(NCCc2cscn2)nc(C(C)C)n1. The molecule has 0 aromatic carbocycles. The van der Waals surface area contributed by atoms with E-state index in [2.05, 4.69) is 44.8 Å². The van der Waals surface area contributed by atoms with Gasteiger partial charge in [0.2, 0.25) is 0 Å². The number of rotatable bonds is 6. The molecule has 2 aromatic rings. The van der Waals surface area contributed by atoms with Crippen LogP contribution < -0.4 is 10.6 Å². The van der Waals surface area contributed by atoms with Crippen molar-refractivity contribution in [3.05, 3.63) is 28.5 Å². The molecule has 0 unspecified atom stereocenters. The summed E-state index contributed by atoms with van der Waals surface area (Å²) >= 11 is 1.62. The quantitative estimate of drug-likeness (QED) is 0.850. The molecule has 0 aliphatic heterocycles. The normalized spacial score (nSPS) is 10.7. The van der Waals surface area contributed by atoms with E-state index >= 15 is 0 Å². The largest absolute Gasteiger partial charge is 0.373 e. The van der Waals surface area contributed by atoms with E-state index < -0.39 is 0 Å². The fraction of sp³-hybridized carbons (Fsp3) is 0.462. The highest BCUT2D eigenvalue weighted by Gasteiger charge is 2.07. The van der Waals surface area contributed by atoms with Gasteiger partial charge in [-0.05, 0) is 0 Å². The van der Waals surface area contributed by atoms with Gasteiger partial charge in [0.15, 0.2) is 0 Å². The molecule has 0 aliphatic rings. The van der Waals surface area contributed by atoms with Crippen LogP contribution in [0.3, 0.4) is 0 Å². The molecule has 0 atom stereocenters. The molecule has 0 amide bonds. The monoisotopic (exact) mass is 277 g/mol. The van der Waals surface area contributed by atoms with Crippen molar-refractivity contribution in [2.45, 2.75) is 26.2 Å². The molecule has 0 spiro atoms. The van der Waals surface area contributed by atoms with Gasteiger partial charge in [-0.25, -0.2) is 15.0 Å². The summed E-state index contributed by atoms with van der Waals surface area (Å²) in [5, 5.41) is 8.46. The minimum absolute atomic E-state index is 0.312. The van der Waals surface area contributed by atoms with Crippen molar-refractivity contribution in [2.75, 3.05) is 24.2 Å². The fourth-order valence-electron chi connectivity index (χ4n) is 1.62. The van der Waals surface area contributed by atoms with Crippen LogP contribution in [0.1, 0.15) is 31.3 Å². The van der Waals surface area contributed by atoms with Crippen molar-refractivity contribution in [1.29, 1.82) is 0 Å². The van der Waals surface area contributed by atoms with Gasteiger partial charge in [-0.2, -0.15) is 0 Å². The van der Waals surface area contributed by atoms with E-state index in [-0.39, 0.29) is 0 Å². The zero-order chi connectivity index (χ0) is 13.7. The molecule has 5 nitrogen and oxygen atoms in total. The van der Waals surface area contributed by atoms with E-state index in [9.17, 15) is 0 Å². The molecule has 0 radical (unpaired) electrons. The van der Waals surface area contributed by atoms with Crippen LogP contribution in [0, 0.1) is 0 Å². The predicted molar refractivity (Wildman–Crippen MR) is 80.0 cm³/mol. The van der Waals surface area contributed by atoms with E-state index in [1.807, 2.05) is 18.6 Å². The maximum atomic E-state index is 4.52. The molecule has 0 aliphatic carbocycles. The first-order valence-corrected chi connectivity index (χ1v) is 7.31. The summed E-state index contributed by atoms with van der Waals surface area (Å²) in [4.78, 5) is 13.2. The Bertz CT molecular complexity index is 510. The van der Waals surface area contributed by atoms with Gasteiger partial charge in [0.25, 0.3) is 0 Å². The van der Waals surface area contributed by atoms with Gasteiger partial charge in [-0.3, -0.25) is 0 Å². The number of aromatic nitrogens is 3. The first kappa shape index (κ1) is 13.7. The summed E-state index contributed by atoms with van der Waals surface area (Å²) in [7, 11) is 1.87. The van der Waals surface area contributed by atoms with Gasteiger partial charge >= 0.3 is 0 Å². The lowest BCUT2D eigenvalue weighted by Gasteiger charge is -2.11. The third-order valence-corrected chi connectivity index (χ3v) is 3.32. The van der Waals surface area contributed by atoms with Gasteiger partial charge in [0.05, 0.1) is 11.2 Å². The van der Waals surface area contributed by atoms with Crippen molar-refractivity contribution < 1.29 is 0 Å². The summed E-state index contributed by atoms with van der Waals surface area (Å²) < 4.78 is 0. The van der Waals surface area contributed by atoms with Crippen molar-refractivity contribution in [3.8, 4) is 0 Å². The van der Waals surface area contributed by atoms with Crippen LogP contribution >= 0.6 is 11.3 Å². The van der Waals surface area contributed by atoms with Gasteiger partial charge < -0.3 is 10.6 Å². The third-order valence-electron chi connectivity index (χ3n) is 2.69. The third kappa shape index (κ3) is 3.89. The Labute approximate surface area is 117 Å². The molecule has 2 N–H and O–H groups in total. The van der Waals surface area contributed by atoms with Crippen LogP contribution in [0.2, 0.25) is 0 Å². The number of hydrogen-bond acceptors (Lipinski definition) is 6. The second kappa shape index (κ2) is 6.47. The molecule has 2 heterocycles. The summed E-state index contributed by atoms with van der Waals surface area (Å²) in [6, 6.07) is 1.92. The lowest BCUT2D eigenvalue weighted by Crippen LogP contribution is -2.10. The van der Waals surface area contributed by atoms with E-state index in [0.717, 1.165) is 36.1 Å². The van der Waals surface area contributed by atoms with Crippen LogP contribution in [0.15, 0.2) is 17.0 Å². The number of nitrogens with zero attached hydrogens (tertiary/aromatic N) is 3. The van der Waals surface area contributed by atoms with Crippen LogP contribution in [0.5, 0.6) is 0 Å². The molecule has 19 heavy (non-hydrogen) atoms. The van der Waals surface area contributed by atoms with E-state index in [1.54, 1.807) is 11.3 Å². The zero-order valence-electron chi connectivity index (χ0n) is 11.5. The molecule has 102 valence electrons. The lowest BCUT2D eigenvalue weighted by molar-refractivity contribution is 0.775. The van der Waals surface area contributed by atoms with Crippen molar-refractivity contribution >= 4 is 23.0 Å². The molecule has 6 heteroatoms. The van der Waals surface area contributed by atoms with Crippen LogP contribution in [-0.2, 0) is 6.42 Å². The Kier molecular flexibility index (Phi) is 4.68. The molecular formula is C13H19N5S. The van der Waals surface area contributed by atoms with Crippen LogP contribution in [-0.4, -0.2) is 28.5 Å². The first-order valence-electron chi connectivity index (χ1n) is 6.36. The molecule has 0 bridgehead atoms. The minimum atomic E-state index is 0.312. The number of nitrogens with one attached hydrogen (secondary N) is 2. The van der Waals surface area contributed by atoms with Crippen molar-refractivity contribution in [1.82, 2.24) is 15.0 Å². The summed E-state index contributed by atoms with van der Waals surface area (Å²) in [6.07, 6.45) is 0.902. The standard InChI is InChI=1S/C13H19N5S/c1-9(2)13-17-11(14-3)6-12(18-13)15-5-4-10-7-19-8-16-10/h6-9H,4-5H2,1-3H3,(H2,14,15,17,18). The van der Waals surface area contributed by atoms with Gasteiger partial charge in [-0.1, -0.05) is 13.8 Å².